The molecule has 166 valence electrons. The number of ether oxygens (including phenoxy) is 1. The summed E-state index contributed by atoms with van der Waals surface area (Å²) in [4.78, 5) is 4.32. The lowest BCUT2D eigenvalue weighted by Gasteiger charge is -2.40. The van der Waals surface area contributed by atoms with Crippen LogP contribution < -0.4 is 20.1 Å². The van der Waals surface area contributed by atoms with Gasteiger partial charge in [0.2, 0.25) is 10.0 Å². The van der Waals surface area contributed by atoms with Gasteiger partial charge >= 0.3 is 0 Å². The summed E-state index contributed by atoms with van der Waals surface area (Å²) in [5, 5.41) is 6.69. The summed E-state index contributed by atoms with van der Waals surface area (Å²) in [6, 6.07) is 8.27. The number of nitrogens with zero attached hydrogens (tertiary/aromatic N) is 1. The van der Waals surface area contributed by atoms with Crippen LogP contribution in [-0.4, -0.2) is 45.9 Å². The number of sulfonamides is 1. The molecule has 30 heavy (non-hydrogen) atoms. The molecule has 1 aromatic carbocycles. The van der Waals surface area contributed by atoms with Gasteiger partial charge < -0.3 is 15.4 Å². The van der Waals surface area contributed by atoms with Crippen LogP contribution in [0, 0.1) is 5.92 Å². The molecule has 0 amide bonds. The molecule has 1 atom stereocenters. The number of guanidine groups is 1. The molecule has 2 fully saturated rings. The monoisotopic (exact) mass is 434 g/mol. The first-order chi connectivity index (χ1) is 14.5. The van der Waals surface area contributed by atoms with Crippen molar-refractivity contribution in [3.8, 4) is 5.75 Å². The van der Waals surface area contributed by atoms with Crippen LogP contribution in [0.2, 0.25) is 0 Å². The van der Waals surface area contributed by atoms with Crippen LogP contribution in [0.5, 0.6) is 5.75 Å². The Kier molecular flexibility index (Phi) is 6.53. The smallest absolute Gasteiger partial charge is 0.213 e. The summed E-state index contributed by atoms with van der Waals surface area (Å²) < 4.78 is 33.6. The van der Waals surface area contributed by atoms with Crippen LogP contribution in [0.3, 0.4) is 0 Å². The van der Waals surface area contributed by atoms with Gasteiger partial charge in [0.1, 0.15) is 11.4 Å². The quantitative estimate of drug-likeness (QED) is 0.453. The predicted octanol–water partition coefficient (Wildman–Crippen LogP) is 2.71. The molecule has 2 aliphatic carbocycles. The van der Waals surface area contributed by atoms with Crippen molar-refractivity contribution in [2.24, 2.45) is 10.9 Å². The third-order valence-electron chi connectivity index (χ3n) is 6.73. The maximum atomic E-state index is 12.2. The van der Waals surface area contributed by atoms with Crippen molar-refractivity contribution < 1.29 is 13.2 Å². The molecule has 0 aromatic heterocycles. The summed E-state index contributed by atoms with van der Waals surface area (Å²) in [6.07, 6.45) is 8.93. The van der Waals surface area contributed by atoms with Crippen LogP contribution in [0.4, 0.5) is 0 Å². The molecule has 4 rings (SSSR count). The summed E-state index contributed by atoms with van der Waals surface area (Å²) >= 11 is 0. The van der Waals surface area contributed by atoms with Gasteiger partial charge in [0.15, 0.2) is 5.96 Å². The molecule has 1 aliphatic heterocycles. The molecule has 0 bridgehead atoms. The van der Waals surface area contributed by atoms with Crippen molar-refractivity contribution in [1.82, 2.24) is 15.4 Å². The average molecular weight is 435 g/mol. The average Bonchev–Trinajstić information content (AvgIpc) is 3.13. The molecule has 2 saturated carbocycles. The Morgan fingerprint density at radius 2 is 1.97 bits per heavy atom. The van der Waals surface area contributed by atoms with Crippen molar-refractivity contribution in [3.05, 3.63) is 29.8 Å². The van der Waals surface area contributed by atoms with Crippen LogP contribution in [0.15, 0.2) is 29.3 Å². The van der Waals surface area contributed by atoms with E-state index in [4.69, 9.17) is 4.74 Å². The van der Waals surface area contributed by atoms with Gasteiger partial charge in [-0.15, -0.1) is 0 Å². The molecule has 3 aliphatic rings. The zero-order valence-electron chi connectivity index (χ0n) is 17.8. The number of hydrogen-bond donors (Lipinski definition) is 3. The van der Waals surface area contributed by atoms with Gasteiger partial charge in [-0.25, -0.2) is 13.1 Å². The third kappa shape index (κ3) is 5.09. The maximum Gasteiger partial charge on any atom is 0.213 e. The van der Waals surface area contributed by atoms with Gasteiger partial charge in [-0.05, 0) is 50.5 Å². The van der Waals surface area contributed by atoms with Gasteiger partial charge in [-0.1, -0.05) is 24.6 Å². The number of benzene rings is 1. The molecule has 1 spiro atoms. The predicted molar refractivity (Wildman–Crippen MR) is 119 cm³/mol. The largest absolute Gasteiger partial charge is 0.487 e. The van der Waals surface area contributed by atoms with E-state index < -0.39 is 10.0 Å². The van der Waals surface area contributed by atoms with E-state index in [-0.39, 0.29) is 17.4 Å². The molecule has 1 aromatic rings. The topological polar surface area (TPSA) is 91.8 Å². The second-order valence-corrected chi connectivity index (χ2v) is 10.8. The highest BCUT2D eigenvalue weighted by molar-refractivity contribution is 7.89. The number of hydrogen-bond acceptors (Lipinski definition) is 4. The highest BCUT2D eigenvalue weighted by Crippen LogP contribution is 2.46. The van der Waals surface area contributed by atoms with Crippen LogP contribution >= 0.6 is 0 Å². The molecule has 3 N–H and O–H groups in total. The summed E-state index contributed by atoms with van der Waals surface area (Å²) in [5.41, 5.74) is 1.03. The van der Waals surface area contributed by atoms with Crippen molar-refractivity contribution in [2.75, 3.05) is 25.9 Å². The highest BCUT2D eigenvalue weighted by atomic mass is 32.2. The van der Waals surface area contributed by atoms with Crippen LogP contribution in [-0.2, 0) is 10.0 Å². The second kappa shape index (κ2) is 9.14. The molecule has 1 heterocycles. The Hall–Kier alpha value is -1.80. The number of aliphatic imine (C=N–C) groups is 1. The lowest BCUT2D eigenvalue weighted by molar-refractivity contribution is 0.0396. The third-order valence-corrected chi connectivity index (χ3v) is 8.07. The summed E-state index contributed by atoms with van der Waals surface area (Å²) in [7, 11) is -1.55. The minimum absolute atomic E-state index is 0.0364. The van der Waals surface area contributed by atoms with E-state index >= 15 is 0 Å². The molecule has 8 heteroatoms. The lowest BCUT2D eigenvalue weighted by Crippen LogP contribution is -2.47. The second-order valence-electron chi connectivity index (χ2n) is 8.89. The molecule has 0 radical (unpaired) electrons. The number of para-hydroxylation sites is 1. The minimum atomic E-state index is -3.27. The molecule has 7 nitrogen and oxygen atoms in total. The van der Waals surface area contributed by atoms with E-state index in [1.807, 2.05) is 18.2 Å². The van der Waals surface area contributed by atoms with Crippen molar-refractivity contribution >= 4 is 16.0 Å². The lowest BCUT2D eigenvalue weighted by atomic mass is 9.86. The Morgan fingerprint density at radius 3 is 2.67 bits per heavy atom. The normalized spacial score (nSPS) is 23.5. The first kappa shape index (κ1) is 21.4. The van der Waals surface area contributed by atoms with Crippen LogP contribution in [0.25, 0.3) is 0 Å². The molecule has 0 saturated heterocycles. The van der Waals surface area contributed by atoms with E-state index in [1.54, 1.807) is 7.05 Å². The van der Waals surface area contributed by atoms with E-state index in [2.05, 4.69) is 26.4 Å². The Bertz CT molecular complexity index is 861. The van der Waals surface area contributed by atoms with Gasteiger partial charge in [-0.3, -0.25) is 4.99 Å². The SMILES string of the molecule is CN=C(NCCS(=O)(=O)NCC1CCC1)NC1CC2(CCCC2)Oc2ccccc21. The van der Waals surface area contributed by atoms with Crippen molar-refractivity contribution in [2.45, 2.75) is 63.0 Å². The van der Waals surface area contributed by atoms with Crippen LogP contribution in [0.1, 0.15) is 63.0 Å². The first-order valence-electron chi connectivity index (χ1n) is 11.2. The zero-order valence-corrected chi connectivity index (χ0v) is 18.6. The molecular formula is C22H34N4O3S. The number of fused-ring (bicyclic) bond motifs is 1. The maximum absolute atomic E-state index is 12.2. The molecule has 1 unspecified atom stereocenters. The Labute approximate surface area is 180 Å². The van der Waals surface area contributed by atoms with Gasteiger partial charge in [0, 0.05) is 32.1 Å². The summed E-state index contributed by atoms with van der Waals surface area (Å²) in [5.74, 6) is 2.12. The standard InChI is InChI=1S/C22H34N4O3S/c1-23-21(24-13-14-30(27,28)25-16-17-7-6-8-17)26-19-15-22(11-4-5-12-22)29-20-10-3-2-9-18(19)20/h2-3,9-10,17,19,25H,4-8,11-16H2,1H3,(H2,23,24,26). The fraction of sp³-hybridized carbons (Fsp3) is 0.682. The van der Waals surface area contributed by atoms with Gasteiger partial charge in [0.25, 0.3) is 0 Å². The number of nitrogens with one attached hydrogen (secondary N) is 3. The van der Waals surface area contributed by atoms with E-state index in [1.165, 1.54) is 19.3 Å². The fourth-order valence-electron chi connectivity index (χ4n) is 4.75. The van der Waals surface area contributed by atoms with Crippen molar-refractivity contribution in [1.29, 1.82) is 0 Å². The number of rotatable bonds is 7. The Morgan fingerprint density at radius 1 is 1.20 bits per heavy atom. The first-order valence-corrected chi connectivity index (χ1v) is 12.9. The minimum Gasteiger partial charge on any atom is -0.487 e. The highest BCUT2D eigenvalue weighted by Gasteiger charge is 2.43. The Balaban J connectivity index is 1.33. The van der Waals surface area contributed by atoms with Gasteiger partial charge in [-0.2, -0.15) is 0 Å². The zero-order chi connectivity index (χ0) is 21.0. The fourth-order valence-corrected chi connectivity index (χ4v) is 5.75. The van der Waals surface area contributed by atoms with Crippen molar-refractivity contribution in [3.63, 3.8) is 0 Å². The van der Waals surface area contributed by atoms with E-state index in [0.717, 1.165) is 43.4 Å². The summed E-state index contributed by atoms with van der Waals surface area (Å²) in [6.45, 7) is 0.881. The van der Waals surface area contributed by atoms with Gasteiger partial charge in [0.05, 0.1) is 11.8 Å². The van der Waals surface area contributed by atoms with E-state index in [0.29, 0.717) is 25.0 Å². The molecular weight excluding hydrogens is 400 g/mol. The van der Waals surface area contributed by atoms with E-state index in [9.17, 15) is 8.42 Å².